The van der Waals surface area contributed by atoms with Crippen molar-refractivity contribution in [3.05, 3.63) is 28.7 Å². The summed E-state index contributed by atoms with van der Waals surface area (Å²) in [5, 5.41) is 11.2. The van der Waals surface area contributed by atoms with E-state index in [2.05, 4.69) is 10.2 Å². The zero-order chi connectivity index (χ0) is 24.4. The Morgan fingerprint density at radius 3 is 2.59 bits per heavy atom. The summed E-state index contributed by atoms with van der Waals surface area (Å²) in [6.45, 7) is 2.61. The highest BCUT2D eigenvalue weighted by atomic mass is 16.5. The molecule has 11 nitrogen and oxygen atoms in total. The van der Waals surface area contributed by atoms with Crippen molar-refractivity contribution in [2.75, 3.05) is 38.2 Å². The van der Waals surface area contributed by atoms with Gasteiger partial charge in [0.15, 0.2) is 0 Å². The highest BCUT2D eigenvalue weighted by Gasteiger charge is 2.31. The largest absolute Gasteiger partial charge is 0.465 e. The third-order valence-electron chi connectivity index (χ3n) is 6.72. The highest BCUT2D eigenvalue weighted by Crippen LogP contribution is 2.28. The number of imide groups is 1. The number of anilines is 1. The molecular formula is C23H31N5O6. The molecule has 0 saturated carbocycles. The van der Waals surface area contributed by atoms with Gasteiger partial charge in [0.1, 0.15) is 6.04 Å². The van der Waals surface area contributed by atoms with E-state index in [9.17, 15) is 19.2 Å². The molecule has 34 heavy (non-hydrogen) atoms. The smallest absolute Gasteiger partial charge is 0.407 e. The molecule has 3 heterocycles. The lowest BCUT2D eigenvalue weighted by atomic mass is 10.1. The van der Waals surface area contributed by atoms with Crippen LogP contribution in [-0.4, -0.2) is 76.4 Å². The van der Waals surface area contributed by atoms with Crippen molar-refractivity contribution in [2.24, 2.45) is 7.05 Å². The van der Waals surface area contributed by atoms with Crippen LogP contribution in [0.2, 0.25) is 0 Å². The number of nitrogens with zero attached hydrogens (tertiary/aromatic N) is 4. The summed E-state index contributed by atoms with van der Waals surface area (Å²) in [7, 11) is 3.24. The molecule has 2 saturated heterocycles. The number of carbonyl (C=O) groups excluding carboxylic acids is 2. The second kappa shape index (κ2) is 9.88. The first-order valence-corrected chi connectivity index (χ1v) is 11.6. The van der Waals surface area contributed by atoms with Crippen molar-refractivity contribution in [1.82, 2.24) is 19.4 Å². The Kier molecular flexibility index (Phi) is 6.92. The van der Waals surface area contributed by atoms with Gasteiger partial charge < -0.3 is 19.6 Å². The number of ether oxygens (including phenoxy) is 1. The van der Waals surface area contributed by atoms with Crippen molar-refractivity contribution in [3.8, 4) is 0 Å². The van der Waals surface area contributed by atoms with Crippen molar-refractivity contribution in [3.63, 3.8) is 0 Å². The van der Waals surface area contributed by atoms with Crippen LogP contribution in [0.3, 0.4) is 0 Å². The Balaban J connectivity index is 1.40. The number of carbonyl (C=O) groups is 3. The maximum atomic E-state index is 12.9. The van der Waals surface area contributed by atoms with E-state index in [4.69, 9.17) is 9.84 Å². The van der Waals surface area contributed by atoms with Crippen LogP contribution in [0.25, 0.3) is 11.0 Å². The first-order chi connectivity index (χ1) is 16.3. The number of carboxylic acid groups (broad SMARTS) is 1. The summed E-state index contributed by atoms with van der Waals surface area (Å²) in [4.78, 5) is 51.2. The predicted octanol–water partition coefficient (Wildman–Crippen LogP) is 1.30. The minimum absolute atomic E-state index is 0.146. The van der Waals surface area contributed by atoms with Crippen molar-refractivity contribution >= 4 is 34.6 Å². The molecule has 11 heteroatoms. The number of imidazole rings is 1. The van der Waals surface area contributed by atoms with E-state index in [1.165, 1.54) is 9.47 Å². The lowest BCUT2D eigenvalue weighted by Gasteiger charge is -2.33. The Labute approximate surface area is 196 Å². The van der Waals surface area contributed by atoms with E-state index < -0.39 is 18.0 Å². The van der Waals surface area contributed by atoms with E-state index in [1.54, 1.807) is 18.7 Å². The molecule has 1 aromatic heterocycles. The van der Waals surface area contributed by atoms with E-state index >= 15 is 0 Å². The first kappa shape index (κ1) is 23.8. The number of aromatic nitrogens is 2. The third kappa shape index (κ3) is 4.79. The number of nitrogens with one attached hydrogen (secondary N) is 1. The Hall–Kier alpha value is -3.34. The number of benzene rings is 1. The van der Waals surface area contributed by atoms with Crippen LogP contribution in [0.15, 0.2) is 23.0 Å². The van der Waals surface area contributed by atoms with Crippen molar-refractivity contribution in [1.29, 1.82) is 0 Å². The number of amides is 3. The topological polar surface area (TPSA) is 126 Å². The number of aryl methyl sites for hydroxylation is 1. The Morgan fingerprint density at radius 1 is 1.18 bits per heavy atom. The molecule has 184 valence electrons. The second-order valence-electron chi connectivity index (χ2n) is 8.97. The minimum atomic E-state index is -0.935. The van der Waals surface area contributed by atoms with Crippen LogP contribution >= 0.6 is 0 Å². The minimum Gasteiger partial charge on any atom is -0.465 e. The molecule has 1 aromatic carbocycles. The van der Waals surface area contributed by atoms with Crippen LogP contribution in [0.4, 0.5) is 10.5 Å². The van der Waals surface area contributed by atoms with Gasteiger partial charge >= 0.3 is 11.8 Å². The quantitative estimate of drug-likeness (QED) is 0.459. The lowest BCUT2D eigenvalue weighted by Crippen LogP contribution is -2.44. The second-order valence-corrected chi connectivity index (χ2v) is 8.97. The van der Waals surface area contributed by atoms with Gasteiger partial charge in [0.25, 0.3) is 0 Å². The summed E-state index contributed by atoms with van der Waals surface area (Å²) in [6.07, 6.45) is 2.13. The molecule has 4 rings (SSSR count). The fourth-order valence-corrected chi connectivity index (χ4v) is 4.71. The van der Waals surface area contributed by atoms with Gasteiger partial charge in [0, 0.05) is 52.4 Å². The fourth-order valence-electron chi connectivity index (χ4n) is 4.71. The van der Waals surface area contributed by atoms with Gasteiger partial charge in [-0.2, -0.15) is 0 Å². The molecule has 3 amide bonds. The van der Waals surface area contributed by atoms with Crippen LogP contribution < -0.4 is 15.9 Å². The average Bonchev–Trinajstić information content (AvgIpc) is 3.06. The van der Waals surface area contributed by atoms with E-state index in [1.807, 2.05) is 18.2 Å². The summed E-state index contributed by atoms with van der Waals surface area (Å²) >= 11 is 0. The number of rotatable bonds is 7. The number of fused-ring (bicyclic) bond motifs is 1. The lowest BCUT2D eigenvalue weighted by molar-refractivity contribution is -0.135. The number of hydrogen-bond acceptors (Lipinski definition) is 6. The predicted molar refractivity (Wildman–Crippen MR) is 125 cm³/mol. The molecule has 0 spiro atoms. The van der Waals surface area contributed by atoms with Gasteiger partial charge in [-0.3, -0.25) is 24.0 Å². The zero-order valence-corrected chi connectivity index (χ0v) is 19.5. The maximum Gasteiger partial charge on any atom is 0.407 e. The Bertz CT molecular complexity index is 1150. The number of piperidine rings is 2. The average molecular weight is 474 g/mol. The standard InChI is InChI=1S/C23H31N5O6/c1-25(23(32)33)10-3-13-34-16-8-11-27(12-9-16)15-4-5-17-19(14-15)26(2)22(31)28(17)18-6-7-20(29)24-21(18)30/h4-5,14,16,18H,3,6-13H2,1-2H3,(H,32,33)(H,24,29,30). The van der Waals surface area contributed by atoms with Crippen LogP contribution in [0.5, 0.6) is 0 Å². The summed E-state index contributed by atoms with van der Waals surface area (Å²) < 4.78 is 8.97. The van der Waals surface area contributed by atoms with Gasteiger partial charge in [-0.25, -0.2) is 9.59 Å². The van der Waals surface area contributed by atoms with Crippen molar-refractivity contribution in [2.45, 2.75) is 44.2 Å². The molecule has 2 aliphatic heterocycles. The third-order valence-corrected chi connectivity index (χ3v) is 6.72. The highest BCUT2D eigenvalue weighted by molar-refractivity contribution is 6.00. The normalized spacial score (nSPS) is 19.5. The fraction of sp³-hybridized carbons (Fsp3) is 0.565. The van der Waals surface area contributed by atoms with E-state index in [-0.39, 0.29) is 24.1 Å². The van der Waals surface area contributed by atoms with E-state index in [0.29, 0.717) is 31.5 Å². The SMILES string of the molecule is CN(CCCOC1CCN(c2ccc3c(c2)n(C)c(=O)n3C2CCC(=O)NC2=O)CC1)C(=O)O. The molecule has 1 atom stereocenters. The van der Waals surface area contributed by atoms with Crippen LogP contribution in [-0.2, 0) is 21.4 Å². The summed E-state index contributed by atoms with van der Waals surface area (Å²) in [6, 6.07) is 5.12. The zero-order valence-electron chi connectivity index (χ0n) is 19.5. The molecule has 0 radical (unpaired) electrons. The van der Waals surface area contributed by atoms with Gasteiger partial charge in [-0.1, -0.05) is 0 Å². The molecular weight excluding hydrogens is 442 g/mol. The molecule has 0 aliphatic carbocycles. The van der Waals surface area contributed by atoms with Gasteiger partial charge in [-0.15, -0.1) is 0 Å². The molecule has 1 unspecified atom stereocenters. The van der Waals surface area contributed by atoms with Crippen LogP contribution in [0.1, 0.15) is 38.1 Å². The van der Waals surface area contributed by atoms with Gasteiger partial charge in [0.05, 0.1) is 17.1 Å². The molecule has 2 fully saturated rings. The van der Waals surface area contributed by atoms with Crippen LogP contribution in [0, 0.1) is 0 Å². The summed E-state index contributed by atoms with van der Waals surface area (Å²) in [5.41, 5.74) is 2.15. The monoisotopic (exact) mass is 473 g/mol. The number of hydrogen-bond donors (Lipinski definition) is 2. The van der Waals surface area contributed by atoms with Crippen molar-refractivity contribution < 1.29 is 24.2 Å². The van der Waals surface area contributed by atoms with E-state index in [0.717, 1.165) is 37.1 Å². The van der Waals surface area contributed by atoms with Gasteiger partial charge in [-0.05, 0) is 43.9 Å². The first-order valence-electron chi connectivity index (χ1n) is 11.6. The molecule has 2 aliphatic rings. The Morgan fingerprint density at radius 2 is 1.91 bits per heavy atom. The molecule has 0 bridgehead atoms. The molecule has 2 aromatic rings. The maximum absolute atomic E-state index is 12.9. The molecule has 2 N–H and O–H groups in total. The summed E-state index contributed by atoms with van der Waals surface area (Å²) in [5.74, 6) is -0.747. The van der Waals surface area contributed by atoms with Gasteiger partial charge in [0.2, 0.25) is 11.8 Å².